The third-order valence-corrected chi connectivity index (χ3v) is 6.41. The Bertz CT molecular complexity index is 554. The standard InChI is InChI=1S/C14H24N2O3S2/c1-11(2)15-9-13-14(5-8-20-13)21(17,18)16-6-4-7-19-12(3)10-16/h5,8,11-12,15H,4,6-7,9-10H2,1-3H3. The molecule has 0 bridgehead atoms. The molecule has 0 aliphatic carbocycles. The summed E-state index contributed by atoms with van der Waals surface area (Å²) >= 11 is 1.49. The minimum Gasteiger partial charge on any atom is -0.377 e. The Kier molecular flexibility index (Phi) is 5.79. The summed E-state index contributed by atoms with van der Waals surface area (Å²) in [5.41, 5.74) is 0. The van der Waals surface area contributed by atoms with Gasteiger partial charge in [0.1, 0.15) is 0 Å². The summed E-state index contributed by atoms with van der Waals surface area (Å²) in [6.45, 7) is 8.19. The largest absolute Gasteiger partial charge is 0.377 e. The van der Waals surface area contributed by atoms with Crippen LogP contribution in [0.4, 0.5) is 0 Å². The van der Waals surface area contributed by atoms with Gasteiger partial charge in [-0.25, -0.2) is 8.42 Å². The molecule has 1 aromatic rings. The zero-order chi connectivity index (χ0) is 15.5. The van der Waals surface area contributed by atoms with Crippen LogP contribution < -0.4 is 5.32 Å². The molecule has 7 heteroatoms. The minimum absolute atomic E-state index is 0.0573. The maximum Gasteiger partial charge on any atom is 0.244 e. The number of thiophene rings is 1. The average Bonchev–Trinajstić information content (AvgIpc) is 2.78. The van der Waals surface area contributed by atoms with Gasteiger partial charge in [0.05, 0.1) is 11.0 Å². The highest BCUT2D eigenvalue weighted by Gasteiger charge is 2.30. The lowest BCUT2D eigenvalue weighted by Gasteiger charge is -2.22. The Hall–Kier alpha value is -0.470. The lowest BCUT2D eigenvalue weighted by atomic mass is 10.4. The van der Waals surface area contributed by atoms with Gasteiger partial charge in [-0.05, 0) is 24.8 Å². The topological polar surface area (TPSA) is 58.6 Å². The second kappa shape index (κ2) is 7.19. The van der Waals surface area contributed by atoms with E-state index in [-0.39, 0.29) is 6.10 Å². The molecule has 120 valence electrons. The van der Waals surface area contributed by atoms with Gasteiger partial charge in [-0.1, -0.05) is 13.8 Å². The maximum atomic E-state index is 12.9. The number of hydrogen-bond donors (Lipinski definition) is 1. The lowest BCUT2D eigenvalue weighted by molar-refractivity contribution is 0.0752. The zero-order valence-corrected chi connectivity index (χ0v) is 14.5. The van der Waals surface area contributed by atoms with Crippen molar-refractivity contribution >= 4 is 21.4 Å². The molecular formula is C14H24N2O3S2. The molecule has 1 unspecified atom stereocenters. The molecule has 1 aliphatic rings. The van der Waals surface area contributed by atoms with E-state index < -0.39 is 10.0 Å². The highest BCUT2D eigenvalue weighted by molar-refractivity contribution is 7.89. The van der Waals surface area contributed by atoms with E-state index in [0.29, 0.717) is 37.2 Å². The quantitative estimate of drug-likeness (QED) is 0.896. The van der Waals surface area contributed by atoms with Gasteiger partial charge < -0.3 is 10.1 Å². The lowest BCUT2D eigenvalue weighted by Crippen LogP contribution is -2.36. The molecule has 1 N–H and O–H groups in total. The van der Waals surface area contributed by atoms with Gasteiger partial charge in [-0.3, -0.25) is 0 Å². The van der Waals surface area contributed by atoms with Gasteiger partial charge in [0, 0.05) is 37.2 Å². The van der Waals surface area contributed by atoms with Gasteiger partial charge in [0.15, 0.2) is 0 Å². The molecule has 0 spiro atoms. The van der Waals surface area contributed by atoms with Crippen LogP contribution in [0.1, 0.15) is 32.1 Å². The molecule has 0 amide bonds. The second-order valence-electron chi connectivity index (χ2n) is 5.64. The van der Waals surface area contributed by atoms with E-state index in [4.69, 9.17) is 4.74 Å². The summed E-state index contributed by atoms with van der Waals surface area (Å²) in [6.07, 6.45) is 0.686. The monoisotopic (exact) mass is 332 g/mol. The van der Waals surface area contributed by atoms with E-state index >= 15 is 0 Å². The SMILES string of the molecule is CC(C)NCc1sccc1S(=O)(=O)N1CCCOC(C)C1. The van der Waals surface area contributed by atoms with Crippen molar-refractivity contribution in [3.05, 3.63) is 16.3 Å². The highest BCUT2D eigenvalue weighted by Crippen LogP contribution is 2.26. The summed E-state index contributed by atoms with van der Waals surface area (Å²) < 4.78 is 32.8. The number of hydrogen-bond acceptors (Lipinski definition) is 5. The molecule has 0 radical (unpaired) electrons. The molecule has 1 aliphatic heterocycles. The first-order chi connectivity index (χ1) is 9.91. The molecule has 2 rings (SSSR count). The van der Waals surface area contributed by atoms with Crippen LogP contribution in [0.5, 0.6) is 0 Å². The molecular weight excluding hydrogens is 308 g/mol. The van der Waals surface area contributed by atoms with Crippen molar-refractivity contribution in [1.82, 2.24) is 9.62 Å². The summed E-state index contributed by atoms with van der Waals surface area (Å²) in [5.74, 6) is 0. The molecule has 2 heterocycles. The van der Waals surface area contributed by atoms with Gasteiger partial charge in [-0.15, -0.1) is 11.3 Å². The molecule has 0 aromatic carbocycles. The first-order valence-electron chi connectivity index (χ1n) is 7.32. The fraction of sp³-hybridized carbons (Fsp3) is 0.714. The predicted octanol–water partition coefficient (Wildman–Crippen LogP) is 2.05. The van der Waals surface area contributed by atoms with Crippen molar-refractivity contribution < 1.29 is 13.2 Å². The van der Waals surface area contributed by atoms with E-state index in [1.807, 2.05) is 12.3 Å². The third-order valence-electron chi connectivity index (χ3n) is 3.41. The van der Waals surface area contributed by atoms with Crippen LogP contribution in [-0.4, -0.2) is 44.6 Å². The molecule has 0 saturated carbocycles. The maximum absolute atomic E-state index is 12.9. The Labute approximate surface area is 131 Å². The number of sulfonamides is 1. The van der Waals surface area contributed by atoms with Crippen LogP contribution in [-0.2, 0) is 21.3 Å². The zero-order valence-electron chi connectivity index (χ0n) is 12.8. The second-order valence-corrected chi connectivity index (χ2v) is 8.55. The minimum atomic E-state index is -3.43. The van der Waals surface area contributed by atoms with Crippen molar-refractivity contribution in [3.63, 3.8) is 0 Å². The van der Waals surface area contributed by atoms with E-state index in [2.05, 4.69) is 19.2 Å². The fourth-order valence-electron chi connectivity index (χ4n) is 2.30. The number of nitrogens with one attached hydrogen (secondary N) is 1. The van der Waals surface area contributed by atoms with Crippen molar-refractivity contribution in [1.29, 1.82) is 0 Å². The smallest absolute Gasteiger partial charge is 0.244 e. The van der Waals surface area contributed by atoms with Gasteiger partial charge in [0.2, 0.25) is 10.0 Å². The summed E-state index contributed by atoms with van der Waals surface area (Å²) in [6, 6.07) is 2.04. The highest BCUT2D eigenvalue weighted by atomic mass is 32.2. The third kappa shape index (κ3) is 4.26. The van der Waals surface area contributed by atoms with Crippen LogP contribution in [0.3, 0.4) is 0 Å². The van der Waals surface area contributed by atoms with Crippen molar-refractivity contribution in [2.75, 3.05) is 19.7 Å². The van der Waals surface area contributed by atoms with E-state index in [1.54, 1.807) is 10.4 Å². The fourth-order valence-corrected chi connectivity index (χ4v) is 5.22. The predicted molar refractivity (Wildman–Crippen MR) is 85.1 cm³/mol. The van der Waals surface area contributed by atoms with Crippen LogP contribution in [0, 0.1) is 0 Å². The molecule has 1 atom stereocenters. The van der Waals surface area contributed by atoms with Crippen LogP contribution in [0.25, 0.3) is 0 Å². The van der Waals surface area contributed by atoms with E-state index in [9.17, 15) is 8.42 Å². The van der Waals surface area contributed by atoms with Crippen LogP contribution in [0.2, 0.25) is 0 Å². The van der Waals surface area contributed by atoms with Crippen molar-refractivity contribution in [2.45, 2.75) is 50.8 Å². The Balaban J connectivity index is 2.20. The van der Waals surface area contributed by atoms with Crippen LogP contribution in [0.15, 0.2) is 16.3 Å². The Morgan fingerprint density at radius 1 is 1.52 bits per heavy atom. The average molecular weight is 332 g/mol. The summed E-state index contributed by atoms with van der Waals surface area (Å²) in [5, 5.41) is 5.14. The van der Waals surface area contributed by atoms with Gasteiger partial charge in [0.25, 0.3) is 0 Å². The van der Waals surface area contributed by atoms with E-state index in [1.165, 1.54) is 11.3 Å². The first-order valence-corrected chi connectivity index (χ1v) is 9.64. The molecule has 1 aromatic heterocycles. The van der Waals surface area contributed by atoms with Gasteiger partial charge >= 0.3 is 0 Å². The Morgan fingerprint density at radius 2 is 2.29 bits per heavy atom. The van der Waals surface area contributed by atoms with Crippen molar-refractivity contribution in [2.24, 2.45) is 0 Å². The number of ether oxygens (including phenoxy) is 1. The molecule has 1 fully saturated rings. The van der Waals surface area contributed by atoms with Crippen molar-refractivity contribution in [3.8, 4) is 0 Å². The van der Waals surface area contributed by atoms with Crippen LogP contribution >= 0.6 is 11.3 Å². The number of nitrogens with zero attached hydrogens (tertiary/aromatic N) is 1. The first kappa shape index (κ1) is 16.9. The number of rotatable bonds is 5. The van der Waals surface area contributed by atoms with Gasteiger partial charge in [-0.2, -0.15) is 4.31 Å². The summed E-state index contributed by atoms with van der Waals surface area (Å²) in [4.78, 5) is 1.32. The molecule has 5 nitrogen and oxygen atoms in total. The Morgan fingerprint density at radius 3 is 3.00 bits per heavy atom. The molecule has 21 heavy (non-hydrogen) atoms. The van der Waals surface area contributed by atoms with E-state index in [0.717, 1.165) is 11.3 Å². The normalized spacial score (nSPS) is 21.6. The molecule has 1 saturated heterocycles. The summed E-state index contributed by atoms with van der Waals surface area (Å²) in [7, 11) is -3.43.